The van der Waals surface area contributed by atoms with E-state index in [1.54, 1.807) is 30.3 Å². The van der Waals surface area contributed by atoms with Crippen LogP contribution in [-0.4, -0.2) is 44.3 Å². The maximum atomic E-state index is 14.5. The zero-order valence-electron chi connectivity index (χ0n) is 25.2. The van der Waals surface area contributed by atoms with E-state index in [1.165, 1.54) is 21.3 Å². The number of nitrogens with one attached hydrogen (secondary N) is 1. The van der Waals surface area contributed by atoms with Gasteiger partial charge in [0.1, 0.15) is 12.6 Å². The van der Waals surface area contributed by atoms with Gasteiger partial charge in [0.15, 0.2) is 0 Å². The third kappa shape index (κ3) is 7.51. The van der Waals surface area contributed by atoms with Crippen molar-refractivity contribution in [2.24, 2.45) is 0 Å². The summed E-state index contributed by atoms with van der Waals surface area (Å²) in [5.41, 5.74) is 4.82. The number of aryl methyl sites for hydroxylation is 2. The van der Waals surface area contributed by atoms with Gasteiger partial charge in [0.05, 0.1) is 10.6 Å². The van der Waals surface area contributed by atoms with Gasteiger partial charge in [-0.25, -0.2) is 8.42 Å². The fraction of sp³-hybridized carbons (Fsp3) is 0.257. The van der Waals surface area contributed by atoms with Gasteiger partial charge in [-0.15, -0.1) is 0 Å². The minimum Gasteiger partial charge on any atom is -0.355 e. The Morgan fingerprint density at radius 2 is 1.37 bits per heavy atom. The Bertz CT molecular complexity index is 1660. The molecule has 1 N–H and O–H groups in total. The summed E-state index contributed by atoms with van der Waals surface area (Å²) >= 11 is 0. The topological polar surface area (TPSA) is 86.8 Å². The minimum atomic E-state index is -4.13. The lowest BCUT2D eigenvalue weighted by Gasteiger charge is -2.34. The Morgan fingerprint density at radius 3 is 2.02 bits per heavy atom. The van der Waals surface area contributed by atoms with Gasteiger partial charge < -0.3 is 10.2 Å². The van der Waals surface area contributed by atoms with Crippen LogP contribution in [-0.2, 0) is 32.6 Å². The Labute approximate surface area is 255 Å². The summed E-state index contributed by atoms with van der Waals surface area (Å²) in [7, 11) is -4.13. The van der Waals surface area contributed by atoms with Crippen molar-refractivity contribution >= 4 is 27.5 Å². The van der Waals surface area contributed by atoms with E-state index in [2.05, 4.69) is 5.32 Å². The number of hydrogen-bond acceptors (Lipinski definition) is 4. The molecule has 0 spiro atoms. The molecule has 0 unspecified atom stereocenters. The Kier molecular flexibility index (Phi) is 10.4. The summed E-state index contributed by atoms with van der Waals surface area (Å²) in [6, 6.07) is 29.9. The monoisotopic (exact) mass is 597 g/mol. The molecule has 2 amide bonds. The molecule has 0 fully saturated rings. The predicted octanol–water partition coefficient (Wildman–Crippen LogP) is 5.58. The number of nitrogens with zero attached hydrogens (tertiary/aromatic N) is 2. The van der Waals surface area contributed by atoms with Crippen LogP contribution in [0.25, 0.3) is 0 Å². The largest absolute Gasteiger partial charge is 0.355 e. The van der Waals surface area contributed by atoms with Crippen molar-refractivity contribution in [2.75, 3.05) is 17.4 Å². The summed E-state index contributed by atoms with van der Waals surface area (Å²) in [5.74, 6) is -0.770. The highest BCUT2D eigenvalue weighted by atomic mass is 32.2. The van der Waals surface area contributed by atoms with Crippen molar-refractivity contribution in [3.05, 3.63) is 131 Å². The van der Waals surface area contributed by atoms with Crippen LogP contribution in [0, 0.1) is 20.8 Å². The number of anilines is 1. The number of carbonyl (C=O) groups excluding carboxylic acids is 2. The molecular weight excluding hydrogens is 558 g/mol. The quantitative estimate of drug-likeness (QED) is 0.231. The maximum absolute atomic E-state index is 14.5. The van der Waals surface area contributed by atoms with Crippen LogP contribution < -0.4 is 9.62 Å². The molecule has 0 aliphatic carbocycles. The summed E-state index contributed by atoms with van der Waals surface area (Å²) < 4.78 is 29.5. The normalized spacial score (nSPS) is 11.9. The van der Waals surface area contributed by atoms with Crippen LogP contribution >= 0.6 is 0 Å². The van der Waals surface area contributed by atoms with Gasteiger partial charge >= 0.3 is 0 Å². The third-order valence-corrected chi connectivity index (χ3v) is 9.45. The Balaban J connectivity index is 1.83. The molecule has 0 radical (unpaired) electrons. The van der Waals surface area contributed by atoms with Crippen molar-refractivity contribution in [3.63, 3.8) is 0 Å². The number of benzene rings is 4. The molecule has 1 atom stereocenters. The molecule has 43 heavy (non-hydrogen) atoms. The number of sulfonamides is 1. The summed E-state index contributed by atoms with van der Waals surface area (Å²) in [6.45, 7) is 7.61. The van der Waals surface area contributed by atoms with Gasteiger partial charge in [-0.05, 0) is 73.7 Å². The molecule has 0 aliphatic heterocycles. The molecule has 0 aromatic heterocycles. The first-order valence-corrected chi connectivity index (χ1v) is 15.9. The molecule has 4 aromatic carbocycles. The van der Waals surface area contributed by atoms with Crippen molar-refractivity contribution in [3.8, 4) is 0 Å². The third-order valence-electron chi connectivity index (χ3n) is 7.68. The van der Waals surface area contributed by atoms with Crippen LogP contribution in [0.15, 0.2) is 108 Å². The van der Waals surface area contributed by atoms with E-state index in [9.17, 15) is 18.0 Å². The van der Waals surface area contributed by atoms with Gasteiger partial charge in [-0.1, -0.05) is 84.9 Å². The van der Waals surface area contributed by atoms with Crippen molar-refractivity contribution in [1.82, 2.24) is 10.2 Å². The zero-order chi connectivity index (χ0) is 31.0. The average molecular weight is 598 g/mol. The lowest BCUT2D eigenvalue weighted by Crippen LogP contribution is -2.53. The van der Waals surface area contributed by atoms with E-state index >= 15 is 0 Å². The number of hydrogen-bond donors (Lipinski definition) is 1. The first kappa shape index (κ1) is 31.5. The van der Waals surface area contributed by atoms with Gasteiger partial charge in [-0.2, -0.15) is 0 Å². The predicted molar refractivity (Wildman–Crippen MR) is 171 cm³/mol. The molecule has 0 heterocycles. The number of rotatable bonds is 12. The smallest absolute Gasteiger partial charge is 0.264 e. The molecule has 0 bridgehead atoms. The second-order valence-corrected chi connectivity index (χ2v) is 12.5. The highest BCUT2D eigenvalue weighted by molar-refractivity contribution is 7.92. The molecule has 224 valence electrons. The van der Waals surface area contributed by atoms with Gasteiger partial charge in [0, 0.05) is 19.5 Å². The summed E-state index contributed by atoms with van der Waals surface area (Å²) in [4.78, 5) is 29.7. The van der Waals surface area contributed by atoms with E-state index in [0.29, 0.717) is 12.2 Å². The zero-order valence-corrected chi connectivity index (χ0v) is 26.0. The molecule has 0 saturated carbocycles. The van der Waals surface area contributed by atoms with E-state index < -0.39 is 28.5 Å². The van der Waals surface area contributed by atoms with Crippen molar-refractivity contribution < 1.29 is 18.0 Å². The molecule has 8 heteroatoms. The van der Waals surface area contributed by atoms with Gasteiger partial charge in [0.25, 0.3) is 10.0 Å². The van der Waals surface area contributed by atoms with Crippen LogP contribution in [0.2, 0.25) is 0 Å². The average Bonchev–Trinajstić information content (AvgIpc) is 3.01. The Morgan fingerprint density at radius 1 is 0.767 bits per heavy atom. The SMILES string of the molecule is CCNC(=O)[C@@H](Cc1ccccc1)N(Cc1ccccc1C)C(=O)CN(c1cccc(C)c1C)S(=O)(=O)c1ccccc1. The molecule has 4 aromatic rings. The van der Waals surface area contributed by atoms with Crippen LogP contribution in [0.5, 0.6) is 0 Å². The maximum Gasteiger partial charge on any atom is 0.264 e. The minimum absolute atomic E-state index is 0.0821. The second kappa shape index (κ2) is 14.2. The molecule has 0 saturated heterocycles. The standard InChI is InChI=1S/C35H39N3O4S/c1-5-36-35(40)33(23-29-17-8-6-9-18-29)37(24-30-19-13-12-15-27(30)3)34(39)25-38(32-22-14-16-26(2)28(32)4)43(41,42)31-20-10-7-11-21-31/h6-22,33H,5,23-25H2,1-4H3,(H,36,40)/t33-/m1/s1. The van der Waals surface area contributed by atoms with Crippen molar-refractivity contribution in [1.29, 1.82) is 0 Å². The van der Waals surface area contributed by atoms with E-state index in [4.69, 9.17) is 0 Å². The highest BCUT2D eigenvalue weighted by Gasteiger charge is 2.35. The van der Waals surface area contributed by atoms with Crippen LogP contribution in [0.3, 0.4) is 0 Å². The fourth-order valence-corrected chi connectivity index (χ4v) is 6.55. The molecule has 0 aliphatic rings. The first-order chi connectivity index (χ1) is 20.6. The lowest BCUT2D eigenvalue weighted by molar-refractivity contribution is -0.140. The molecule has 4 rings (SSSR count). The summed E-state index contributed by atoms with van der Waals surface area (Å²) in [5, 5.41) is 2.89. The van der Waals surface area contributed by atoms with Crippen molar-refractivity contribution in [2.45, 2.75) is 51.6 Å². The molecular formula is C35H39N3O4S. The second-order valence-electron chi connectivity index (χ2n) is 10.6. The lowest BCUT2D eigenvalue weighted by atomic mass is 10.0. The van der Waals surface area contributed by atoms with Gasteiger partial charge in [-0.3, -0.25) is 13.9 Å². The van der Waals surface area contributed by atoms with E-state index in [1.807, 2.05) is 88.4 Å². The van der Waals surface area contributed by atoms with E-state index in [-0.39, 0.29) is 23.8 Å². The molecule has 7 nitrogen and oxygen atoms in total. The van der Waals surface area contributed by atoms with Crippen LogP contribution in [0.4, 0.5) is 5.69 Å². The number of amides is 2. The Hall–Kier alpha value is -4.43. The first-order valence-electron chi connectivity index (χ1n) is 14.4. The van der Waals surface area contributed by atoms with Crippen LogP contribution in [0.1, 0.15) is 34.7 Å². The fourth-order valence-electron chi connectivity index (χ4n) is 5.06. The highest BCUT2D eigenvalue weighted by Crippen LogP contribution is 2.29. The number of carbonyl (C=O) groups is 2. The van der Waals surface area contributed by atoms with Gasteiger partial charge in [0.2, 0.25) is 11.8 Å². The number of likely N-dealkylation sites (N-methyl/N-ethyl adjacent to an activating group) is 1. The summed E-state index contributed by atoms with van der Waals surface area (Å²) in [6.07, 6.45) is 0.277. The van der Waals surface area contributed by atoms with E-state index in [0.717, 1.165) is 27.8 Å².